The van der Waals surface area contributed by atoms with Crippen LogP contribution in [0, 0.1) is 12.7 Å². The van der Waals surface area contributed by atoms with E-state index in [1.165, 1.54) is 19.2 Å². The molecule has 2 aromatic rings. The second-order valence-corrected chi connectivity index (χ2v) is 5.61. The number of carbonyl (C=O) groups is 1. The summed E-state index contributed by atoms with van der Waals surface area (Å²) in [6.45, 7) is 3.75. The molecule has 1 atom stereocenters. The van der Waals surface area contributed by atoms with Gasteiger partial charge in [0.1, 0.15) is 10.4 Å². The third kappa shape index (κ3) is 4.10. The van der Waals surface area contributed by atoms with E-state index in [2.05, 4.69) is 20.9 Å². The molecular weight excluding hydrogens is 369 g/mol. The largest absolute Gasteiger partial charge is 0.494 e. The summed E-state index contributed by atoms with van der Waals surface area (Å²) in [5, 5.41) is 0. The standard InChI is InChI=1S/C16H17BrFNO4/c1-4-22-14(20)8-11(16-19-15(17)9(2)23-16)10-5-6-13(21-3)12(18)7-10/h5-7,11H,4,8H2,1-3H3. The van der Waals surface area contributed by atoms with E-state index in [9.17, 15) is 9.18 Å². The monoisotopic (exact) mass is 385 g/mol. The highest BCUT2D eigenvalue weighted by molar-refractivity contribution is 9.10. The van der Waals surface area contributed by atoms with Crippen LogP contribution in [0.2, 0.25) is 0 Å². The zero-order chi connectivity index (χ0) is 17.0. The molecule has 0 N–H and O–H groups in total. The van der Waals surface area contributed by atoms with Crippen LogP contribution in [0.3, 0.4) is 0 Å². The van der Waals surface area contributed by atoms with E-state index in [4.69, 9.17) is 13.9 Å². The van der Waals surface area contributed by atoms with Crippen LogP contribution in [-0.2, 0) is 9.53 Å². The number of nitrogens with zero attached hydrogens (tertiary/aromatic N) is 1. The lowest BCUT2D eigenvalue weighted by atomic mass is 9.95. The minimum absolute atomic E-state index is 0.00595. The quantitative estimate of drug-likeness (QED) is 0.703. The fourth-order valence-corrected chi connectivity index (χ4v) is 2.44. The molecule has 0 fully saturated rings. The average molecular weight is 386 g/mol. The molecule has 0 aliphatic heterocycles. The number of esters is 1. The summed E-state index contributed by atoms with van der Waals surface area (Å²) >= 11 is 3.28. The van der Waals surface area contributed by atoms with Gasteiger partial charge < -0.3 is 13.9 Å². The molecule has 0 radical (unpaired) electrons. The number of halogens is 2. The van der Waals surface area contributed by atoms with Crippen molar-refractivity contribution >= 4 is 21.9 Å². The van der Waals surface area contributed by atoms with Crippen molar-refractivity contribution in [2.45, 2.75) is 26.2 Å². The summed E-state index contributed by atoms with van der Waals surface area (Å²) in [4.78, 5) is 16.1. The lowest BCUT2D eigenvalue weighted by Crippen LogP contribution is -2.12. The molecular formula is C16H17BrFNO4. The first-order valence-electron chi connectivity index (χ1n) is 7.08. The van der Waals surface area contributed by atoms with Crippen LogP contribution in [0.5, 0.6) is 5.75 Å². The summed E-state index contributed by atoms with van der Waals surface area (Å²) in [7, 11) is 1.39. The van der Waals surface area contributed by atoms with Gasteiger partial charge in [0, 0.05) is 0 Å². The zero-order valence-electron chi connectivity index (χ0n) is 13.1. The van der Waals surface area contributed by atoms with Gasteiger partial charge in [-0.05, 0) is 47.5 Å². The first-order chi connectivity index (χ1) is 11.0. The SMILES string of the molecule is CCOC(=O)CC(c1ccc(OC)c(F)c1)c1nc(Br)c(C)o1. The Morgan fingerprint density at radius 1 is 1.48 bits per heavy atom. The molecule has 0 amide bonds. The summed E-state index contributed by atoms with van der Waals surface area (Å²) < 4.78 is 30.0. The molecule has 7 heteroatoms. The van der Waals surface area contributed by atoms with Gasteiger partial charge in [0.25, 0.3) is 0 Å². The Morgan fingerprint density at radius 2 is 2.22 bits per heavy atom. The Hall–Kier alpha value is -1.89. The van der Waals surface area contributed by atoms with Crippen molar-refractivity contribution in [1.29, 1.82) is 0 Å². The molecule has 124 valence electrons. The fraction of sp³-hybridized carbons (Fsp3) is 0.375. The van der Waals surface area contributed by atoms with Gasteiger partial charge in [-0.2, -0.15) is 0 Å². The minimum Gasteiger partial charge on any atom is -0.494 e. The molecule has 2 rings (SSSR count). The lowest BCUT2D eigenvalue weighted by Gasteiger charge is -2.14. The van der Waals surface area contributed by atoms with Gasteiger partial charge in [0.15, 0.2) is 11.6 Å². The first kappa shape index (κ1) is 17.5. The molecule has 0 saturated carbocycles. The molecule has 0 saturated heterocycles. The number of methoxy groups -OCH3 is 1. The number of hydrogen-bond donors (Lipinski definition) is 0. The van der Waals surface area contributed by atoms with Gasteiger partial charge in [-0.25, -0.2) is 9.37 Å². The average Bonchev–Trinajstić information content (AvgIpc) is 2.84. The van der Waals surface area contributed by atoms with E-state index >= 15 is 0 Å². The molecule has 1 aromatic carbocycles. The topological polar surface area (TPSA) is 61.6 Å². The van der Waals surface area contributed by atoms with E-state index in [1.54, 1.807) is 19.9 Å². The highest BCUT2D eigenvalue weighted by atomic mass is 79.9. The fourth-order valence-electron chi connectivity index (χ4n) is 2.18. The number of aromatic nitrogens is 1. The van der Waals surface area contributed by atoms with Crippen LogP contribution in [0.4, 0.5) is 4.39 Å². The Labute approximate surface area is 141 Å². The normalized spacial score (nSPS) is 12.0. The van der Waals surface area contributed by atoms with E-state index in [0.29, 0.717) is 21.8 Å². The Bertz CT molecular complexity index is 682. The summed E-state index contributed by atoms with van der Waals surface area (Å²) in [6, 6.07) is 4.50. The van der Waals surface area contributed by atoms with E-state index in [-0.39, 0.29) is 18.8 Å². The van der Waals surface area contributed by atoms with Crippen LogP contribution in [0.25, 0.3) is 0 Å². The molecule has 5 nitrogen and oxygen atoms in total. The van der Waals surface area contributed by atoms with Gasteiger partial charge in [0.05, 0.1) is 26.1 Å². The van der Waals surface area contributed by atoms with Crippen molar-refractivity contribution in [2.24, 2.45) is 0 Å². The number of ether oxygens (including phenoxy) is 2. The molecule has 0 spiro atoms. The van der Waals surface area contributed by atoms with Crippen molar-refractivity contribution in [2.75, 3.05) is 13.7 Å². The molecule has 1 unspecified atom stereocenters. The molecule has 1 aromatic heterocycles. The third-order valence-corrected chi connectivity index (χ3v) is 4.04. The smallest absolute Gasteiger partial charge is 0.306 e. The van der Waals surface area contributed by atoms with Gasteiger partial charge in [-0.3, -0.25) is 4.79 Å². The predicted molar refractivity (Wildman–Crippen MR) is 85.0 cm³/mol. The van der Waals surface area contributed by atoms with Crippen molar-refractivity contribution in [3.05, 3.63) is 45.8 Å². The number of benzene rings is 1. The van der Waals surface area contributed by atoms with Crippen LogP contribution >= 0.6 is 15.9 Å². The number of carbonyl (C=O) groups excluding carboxylic acids is 1. The van der Waals surface area contributed by atoms with Gasteiger partial charge in [-0.15, -0.1) is 0 Å². The van der Waals surface area contributed by atoms with Crippen LogP contribution < -0.4 is 4.74 Å². The molecule has 23 heavy (non-hydrogen) atoms. The maximum Gasteiger partial charge on any atom is 0.306 e. The highest BCUT2D eigenvalue weighted by Crippen LogP contribution is 2.32. The van der Waals surface area contributed by atoms with Crippen molar-refractivity contribution in [1.82, 2.24) is 4.98 Å². The van der Waals surface area contributed by atoms with Crippen molar-refractivity contribution in [3.8, 4) is 5.75 Å². The van der Waals surface area contributed by atoms with Gasteiger partial charge >= 0.3 is 5.97 Å². The van der Waals surface area contributed by atoms with E-state index in [1.807, 2.05) is 0 Å². The maximum absolute atomic E-state index is 14.0. The summed E-state index contributed by atoms with van der Waals surface area (Å²) in [5.41, 5.74) is 0.560. The van der Waals surface area contributed by atoms with E-state index in [0.717, 1.165) is 0 Å². The Kier molecular flexibility index (Phi) is 5.76. The second-order valence-electron chi connectivity index (χ2n) is 4.85. The zero-order valence-corrected chi connectivity index (χ0v) is 14.6. The Morgan fingerprint density at radius 3 is 2.74 bits per heavy atom. The van der Waals surface area contributed by atoms with Crippen LogP contribution in [0.15, 0.2) is 27.2 Å². The van der Waals surface area contributed by atoms with Gasteiger partial charge in [0.2, 0.25) is 5.89 Å². The molecule has 0 bridgehead atoms. The molecule has 0 aliphatic carbocycles. The number of oxazole rings is 1. The highest BCUT2D eigenvalue weighted by Gasteiger charge is 2.26. The first-order valence-corrected chi connectivity index (χ1v) is 7.87. The summed E-state index contributed by atoms with van der Waals surface area (Å²) in [5.74, 6) is -0.412. The van der Waals surface area contributed by atoms with E-state index < -0.39 is 17.7 Å². The number of aryl methyl sites for hydroxylation is 1. The van der Waals surface area contributed by atoms with Crippen LogP contribution in [0.1, 0.15) is 36.5 Å². The maximum atomic E-state index is 14.0. The second kappa shape index (κ2) is 7.59. The lowest BCUT2D eigenvalue weighted by molar-refractivity contribution is -0.143. The summed E-state index contributed by atoms with van der Waals surface area (Å²) in [6.07, 6.45) is 0.00595. The van der Waals surface area contributed by atoms with Crippen molar-refractivity contribution in [3.63, 3.8) is 0 Å². The molecule has 1 heterocycles. The van der Waals surface area contributed by atoms with Gasteiger partial charge in [-0.1, -0.05) is 6.07 Å². The molecule has 0 aliphatic rings. The minimum atomic E-state index is -0.542. The van der Waals surface area contributed by atoms with Crippen molar-refractivity contribution < 1.29 is 23.1 Å². The predicted octanol–water partition coefficient (Wildman–Crippen LogP) is 3.98. The Balaban J connectivity index is 2.40. The number of hydrogen-bond acceptors (Lipinski definition) is 5. The van der Waals surface area contributed by atoms with Crippen LogP contribution in [-0.4, -0.2) is 24.7 Å². The third-order valence-electron chi connectivity index (χ3n) is 3.31. The number of rotatable bonds is 6.